The Morgan fingerprint density at radius 2 is 1.75 bits per heavy atom. The Balaban J connectivity index is 0.000000147. The molecule has 0 aliphatic heterocycles. The fourth-order valence-electron chi connectivity index (χ4n) is 3.90. The van der Waals surface area contributed by atoms with Gasteiger partial charge in [0.1, 0.15) is 0 Å². The molecule has 0 aromatic heterocycles. The van der Waals surface area contributed by atoms with E-state index < -0.39 is 0 Å². The molecule has 0 aromatic carbocycles. The molecule has 3 atom stereocenters. The van der Waals surface area contributed by atoms with Crippen LogP contribution >= 0.6 is 0 Å². The van der Waals surface area contributed by atoms with Crippen LogP contribution in [0.5, 0.6) is 0 Å². The molecule has 0 amide bonds. The maximum Gasteiger partial charge on any atom is -0.0171 e. The number of hydrogen-bond acceptors (Lipinski definition) is 0. The van der Waals surface area contributed by atoms with Gasteiger partial charge in [-0.2, -0.15) is 0 Å². The van der Waals surface area contributed by atoms with Crippen molar-refractivity contribution < 1.29 is 0 Å². The van der Waals surface area contributed by atoms with Crippen molar-refractivity contribution in [1.29, 1.82) is 0 Å². The van der Waals surface area contributed by atoms with Crippen LogP contribution in [0.2, 0.25) is 0 Å². The van der Waals surface area contributed by atoms with E-state index >= 15 is 0 Å². The fourth-order valence-corrected chi connectivity index (χ4v) is 3.90. The normalized spacial score (nSPS) is 34.0. The highest BCUT2D eigenvalue weighted by Crippen LogP contribution is 2.64. The molecule has 0 radical (unpaired) electrons. The molecular weight excluding hydrogens is 240 g/mol. The molecule has 0 spiro atoms. The summed E-state index contributed by atoms with van der Waals surface area (Å²) < 4.78 is 0. The van der Waals surface area contributed by atoms with Crippen LogP contribution < -0.4 is 0 Å². The van der Waals surface area contributed by atoms with Crippen molar-refractivity contribution in [3.63, 3.8) is 0 Å². The summed E-state index contributed by atoms with van der Waals surface area (Å²) >= 11 is 0. The van der Waals surface area contributed by atoms with Gasteiger partial charge in [0, 0.05) is 0 Å². The molecule has 0 N–H and O–H groups in total. The number of hydrogen-bond donors (Lipinski definition) is 0. The van der Waals surface area contributed by atoms with Crippen LogP contribution in [0.4, 0.5) is 0 Å². The molecule has 3 rings (SSSR count). The molecule has 1 fully saturated rings. The van der Waals surface area contributed by atoms with Crippen LogP contribution in [0.1, 0.15) is 66.7 Å². The Morgan fingerprint density at radius 1 is 1.10 bits per heavy atom. The number of rotatable bonds is 1. The van der Waals surface area contributed by atoms with Crippen molar-refractivity contribution in [2.75, 3.05) is 0 Å². The van der Waals surface area contributed by atoms with Crippen LogP contribution in [-0.2, 0) is 0 Å². The predicted molar refractivity (Wildman–Crippen MR) is 89.7 cm³/mol. The summed E-state index contributed by atoms with van der Waals surface area (Å²) in [5.41, 5.74) is 5.20. The average Bonchev–Trinajstić information content (AvgIpc) is 2.92. The van der Waals surface area contributed by atoms with E-state index in [4.69, 9.17) is 0 Å². The highest BCUT2D eigenvalue weighted by atomic mass is 14.6. The Bertz CT molecular complexity index is 433. The standard InChI is InChI=1S/2C10H16/c1-7-4-5-8-9(6-7)10(8,2)3;1-8(2)10-6-4-9(3)5-7-10/h4,8-9H,5-6H2,1-3H3;4,10H,1,5-7H2,2-3H3. The van der Waals surface area contributed by atoms with Crippen LogP contribution in [-0.4, -0.2) is 0 Å². The van der Waals surface area contributed by atoms with Gasteiger partial charge >= 0.3 is 0 Å². The molecule has 3 aliphatic carbocycles. The van der Waals surface area contributed by atoms with E-state index in [0.717, 1.165) is 17.8 Å². The first kappa shape index (κ1) is 15.6. The molecule has 0 nitrogen and oxygen atoms in total. The third kappa shape index (κ3) is 3.45. The molecule has 0 saturated heterocycles. The first-order valence-electron chi connectivity index (χ1n) is 8.29. The molecule has 20 heavy (non-hydrogen) atoms. The zero-order valence-electron chi connectivity index (χ0n) is 14.1. The summed E-state index contributed by atoms with van der Waals surface area (Å²) in [6.45, 7) is 15.4. The van der Waals surface area contributed by atoms with Gasteiger partial charge in [0.25, 0.3) is 0 Å². The van der Waals surface area contributed by atoms with E-state index in [-0.39, 0.29) is 0 Å². The van der Waals surface area contributed by atoms with Gasteiger partial charge in [-0.25, -0.2) is 0 Å². The fraction of sp³-hybridized carbons (Fsp3) is 0.700. The molecule has 3 unspecified atom stereocenters. The van der Waals surface area contributed by atoms with Crippen molar-refractivity contribution in [1.82, 2.24) is 0 Å². The lowest BCUT2D eigenvalue weighted by atomic mass is 9.86. The summed E-state index contributed by atoms with van der Waals surface area (Å²) in [4.78, 5) is 0. The third-order valence-electron chi connectivity index (χ3n) is 5.88. The molecule has 0 bridgehead atoms. The molecule has 0 heteroatoms. The number of fused-ring (bicyclic) bond motifs is 1. The highest BCUT2D eigenvalue weighted by molar-refractivity contribution is 5.18. The van der Waals surface area contributed by atoms with E-state index in [2.05, 4.69) is 53.3 Å². The van der Waals surface area contributed by atoms with Crippen molar-refractivity contribution in [3.8, 4) is 0 Å². The Kier molecular flexibility index (Phi) is 4.62. The van der Waals surface area contributed by atoms with Gasteiger partial charge in [-0.1, -0.05) is 49.3 Å². The summed E-state index contributed by atoms with van der Waals surface area (Å²) in [7, 11) is 0. The first-order valence-corrected chi connectivity index (χ1v) is 8.29. The summed E-state index contributed by atoms with van der Waals surface area (Å²) in [6.07, 6.45) is 11.3. The quantitative estimate of drug-likeness (QED) is 0.491. The summed E-state index contributed by atoms with van der Waals surface area (Å²) in [6, 6.07) is 0. The third-order valence-corrected chi connectivity index (χ3v) is 5.88. The van der Waals surface area contributed by atoms with Gasteiger partial charge in [0.2, 0.25) is 0 Å². The van der Waals surface area contributed by atoms with Crippen LogP contribution in [0.25, 0.3) is 0 Å². The SMILES string of the molecule is C=C(C)C1CC=C(C)CC1.CC1=CCC2C(C1)C2(C)C. The summed E-state index contributed by atoms with van der Waals surface area (Å²) in [5, 5.41) is 0. The van der Waals surface area contributed by atoms with Crippen LogP contribution in [0, 0.1) is 23.2 Å². The molecule has 1 saturated carbocycles. The zero-order valence-corrected chi connectivity index (χ0v) is 14.1. The van der Waals surface area contributed by atoms with Gasteiger partial charge in [0.05, 0.1) is 0 Å². The van der Waals surface area contributed by atoms with Gasteiger partial charge < -0.3 is 0 Å². The second kappa shape index (κ2) is 5.92. The lowest BCUT2D eigenvalue weighted by Gasteiger charge is -2.19. The lowest BCUT2D eigenvalue weighted by molar-refractivity contribution is 0.540. The van der Waals surface area contributed by atoms with Gasteiger partial charge in [-0.3, -0.25) is 0 Å². The van der Waals surface area contributed by atoms with Crippen LogP contribution in [0.3, 0.4) is 0 Å². The van der Waals surface area contributed by atoms with Gasteiger partial charge in [0.15, 0.2) is 0 Å². The van der Waals surface area contributed by atoms with Gasteiger partial charge in [-0.15, -0.1) is 0 Å². The first-order chi connectivity index (χ1) is 9.32. The Labute approximate surface area is 126 Å². The average molecular weight is 272 g/mol. The predicted octanol–water partition coefficient (Wildman–Crippen LogP) is 6.31. The van der Waals surface area contributed by atoms with E-state index in [1.807, 2.05) is 0 Å². The molecule has 0 aromatic rings. The van der Waals surface area contributed by atoms with Crippen molar-refractivity contribution in [2.45, 2.75) is 66.7 Å². The second-order valence-electron chi connectivity index (χ2n) is 7.89. The second-order valence-corrected chi connectivity index (χ2v) is 7.89. The van der Waals surface area contributed by atoms with Crippen molar-refractivity contribution in [2.24, 2.45) is 23.2 Å². The largest absolute Gasteiger partial charge is 0.0998 e. The smallest absolute Gasteiger partial charge is 0.0171 e. The van der Waals surface area contributed by atoms with E-state index in [1.165, 1.54) is 37.7 Å². The minimum Gasteiger partial charge on any atom is -0.0998 e. The Morgan fingerprint density at radius 3 is 2.20 bits per heavy atom. The molecular formula is C20H32. The monoisotopic (exact) mass is 272 g/mol. The maximum atomic E-state index is 3.97. The van der Waals surface area contributed by atoms with E-state index in [1.54, 1.807) is 11.1 Å². The van der Waals surface area contributed by atoms with E-state index in [0.29, 0.717) is 5.41 Å². The van der Waals surface area contributed by atoms with E-state index in [9.17, 15) is 0 Å². The minimum absolute atomic E-state index is 0.675. The van der Waals surface area contributed by atoms with Crippen molar-refractivity contribution in [3.05, 3.63) is 35.5 Å². The zero-order chi connectivity index (χ0) is 14.9. The summed E-state index contributed by atoms with van der Waals surface area (Å²) in [5.74, 6) is 2.82. The van der Waals surface area contributed by atoms with Crippen molar-refractivity contribution >= 4 is 0 Å². The topological polar surface area (TPSA) is 0 Å². The molecule has 3 aliphatic rings. The van der Waals surface area contributed by atoms with Gasteiger partial charge in [-0.05, 0) is 76.0 Å². The lowest BCUT2D eigenvalue weighted by Crippen LogP contribution is -2.04. The molecule has 112 valence electrons. The molecule has 0 heterocycles. The minimum atomic E-state index is 0.675. The van der Waals surface area contributed by atoms with Crippen LogP contribution in [0.15, 0.2) is 35.5 Å². The Hall–Kier alpha value is -0.780. The highest BCUT2D eigenvalue weighted by Gasteiger charge is 2.57. The maximum absolute atomic E-state index is 3.97. The number of allylic oxidation sites excluding steroid dienone is 5.